The van der Waals surface area contributed by atoms with Crippen LogP contribution in [0.5, 0.6) is 11.5 Å². The highest BCUT2D eigenvalue weighted by Crippen LogP contribution is 2.17. The molecule has 5 heteroatoms. The van der Waals surface area contributed by atoms with Crippen molar-refractivity contribution in [2.75, 3.05) is 40.4 Å². The highest BCUT2D eigenvalue weighted by molar-refractivity contribution is 5.85. The van der Waals surface area contributed by atoms with E-state index >= 15 is 0 Å². The first kappa shape index (κ1) is 17.1. The summed E-state index contributed by atoms with van der Waals surface area (Å²) in [7, 11) is 3.71. The van der Waals surface area contributed by atoms with E-state index in [2.05, 4.69) is 10.2 Å². The van der Waals surface area contributed by atoms with Crippen molar-refractivity contribution < 1.29 is 9.47 Å². The third kappa shape index (κ3) is 5.19. The van der Waals surface area contributed by atoms with Crippen molar-refractivity contribution in [1.29, 1.82) is 0 Å². The topological polar surface area (TPSA) is 33.7 Å². The maximum absolute atomic E-state index is 5.76. The Labute approximate surface area is 127 Å². The van der Waals surface area contributed by atoms with Crippen molar-refractivity contribution in [1.82, 2.24) is 10.2 Å². The van der Waals surface area contributed by atoms with Crippen LogP contribution in [0.3, 0.4) is 0 Å². The molecule has 20 heavy (non-hydrogen) atoms. The maximum atomic E-state index is 5.76. The van der Waals surface area contributed by atoms with Crippen molar-refractivity contribution in [3.8, 4) is 11.5 Å². The molecule has 1 fully saturated rings. The SMILES string of the molecule is CNC1CCCN(CCOc2ccc(OC)cc2)C1.Cl. The average molecular weight is 301 g/mol. The largest absolute Gasteiger partial charge is 0.497 e. The van der Waals surface area contributed by atoms with E-state index in [0.717, 1.165) is 31.2 Å². The molecule has 0 bridgehead atoms. The van der Waals surface area contributed by atoms with Crippen LogP contribution in [-0.2, 0) is 0 Å². The first-order chi connectivity index (χ1) is 9.31. The predicted molar refractivity (Wildman–Crippen MR) is 84.3 cm³/mol. The van der Waals surface area contributed by atoms with Crippen LogP contribution in [0.1, 0.15) is 12.8 Å². The molecule has 114 valence electrons. The lowest BCUT2D eigenvalue weighted by atomic mass is 10.1. The van der Waals surface area contributed by atoms with E-state index in [9.17, 15) is 0 Å². The van der Waals surface area contributed by atoms with Crippen LogP contribution in [0.25, 0.3) is 0 Å². The summed E-state index contributed by atoms with van der Waals surface area (Å²) < 4.78 is 10.9. The normalized spacial score (nSPS) is 19.2. The Morgan fingerprint density at radius 1 is 1.25 bits per heavy atom. The van der Waals surface area contributed by atoms with E-state index in [-0.39, 0.29) is 12.4 Å². The molecule has 1 saturated heterocycles. The fourth-order valence-corrected chi connectivity index (χ4v) is 2.46. The molecule has 0 spiro atoms. The summed E-state index contributed by atoms with van der Waals surface area (Å²) in [4.78, 5) is 2.47. The van der Waals surface area contributed by atoms with E-state index in [4.69, 9.17) is 9.47 Å². The molecule has 1 N–H and O–H groups in total. The zero-order valence-corrected chi connectivity index (χ0v) is 13.1. The number of rotatable bonds is 6. The number of ether oxygens (including phenoxy) is 2. The minimum absolute atomic E-state index is 0. The van der Waals surface area contributed by atoms with Crippen molar-refractivity contribution in [3.05, 3.63) is 24.3 Å². The van der Waals surface area contributed by atoms with Gasteiger partial charge in [0.1, 0.15) is 18.1 Å². The van der Waals surface area contributed by atoms with Crippen molar-refractivity contribution in [2.45, 2.75) is 18.9 Å². The molecule has 4 nitrogen and oxygen atoms in total. The third-order valence-corrected chi connectivity index (χ3v) is 3.65. The number of hydrogen-bond acceptors (Lipinski definition) is 4. The molecule has 1 aromatic carbocycles. The van der Waals surface area contributed by atoms with E-state index in [0.29, 0.717) is 6.04 Å². The van der Waals surface area contributed by atoms with Gasteiger partial charge in [0.25, 0.3) is 0 Å². The van der Waals surface area contributed by atoms with Gasteiger partial charge in [-0.15, -0.1) is 12.4 Å². The van der Waals surface area contributed by atoms with Crippen LogP contribution in [0, 0.1) is 0 Å². The Morgan fingerprint density at radius 2 is 1.95 bits per heavy atom. The molecule has 1 aliphatic heterocycles. The maximum Gasteiger partial charge on any atom is 0.119 e. The fraction of sp³-hybridized carbons (Fsp3) is 0.600. The van der Waals surface area contributed by atoms with Crippen molar-refractivity contribution in [3.63, 3.8) is 0 Å². The van der Waals surface area contributed by atoms with Crippen molar-refractivity contribution >= 4 is 12.4 Å². The van der Waals surface area contributed by atoms with Crippen LogP contribution < -0.4 is 14.8 Å². The van der Waals surface area contributed by atoms with Gasteiger partial charge in [0.15, 0.2) is 0 Å². The van der Waals surface area contributed by atoms with E-state index in [1.165, 1.54) is 19.4 Å². The monoisotopic (exact) mass is 300 g/mol. The van der Waals surface area contributed by atoms with Crippen LogP contribution in [-0.4, -0.2) is 51.3 Å². The van der Waals surface area contributed by atoms with Gasteiger partial charge in [-0.05, 0) is 50.7 Å². The number of methoxy groups -OCH3 is 1. The second-order valence-corrected chi connectivity index (χ2v) is 4.95. The quantitative estimate of drug-likeness (QED) is 0.873. The van der Waals surface area contributed by atoms with Crippen molar-refractivity contribution in [2.24, 2.45) is 0 Å². The summed E-state index contributed by atoms with van der Waals surface area (Å²) in [5, 5.41) is 3.36. The summed E-state index contributed by atoms with van der Waals surface area (Å²) in [6.45, 7) is 4.04. The van der Waals surface area contributed by atoms with Gasteiger partial charge >= 0.3 is 0 Å². The van der Waals surface area contributed by atoms with Gasteiger partial charge in [-0.2, -0.15) is 0 Å². The first-order valence-corrected chi connectivity index (χ1v) is 6.98. The Hall–Kier alpha value is -0.970. The molecule has 0 amide bonds. The molecule has 0 aliphatic carbocycles. The molecule has 1 aromatic rings. The summed E-state index contributed by atoms with van der Waals surface area (Å²) in [6.07, 6.45) is 2.56. The molecule has 1 aliphatic rings. The molecule has 1 unspecified atom stereocenters. The van der Waals surface area contributed by atoms with E-state index < -0.39 is 0 Å². The van der Waals surface area contributed by atoms with Crippen LogP contribution in [0.15, 0.2) is 24.3 Å². The lowest BCUT2D eigenvalue weighted by molar-refractivity contribution is 0.162. The van der Waals surface area contributed by atoms with Gasteiger partial charge in [0.2, 0.25) is 0 Å². The Balaban J connectivity index is 0.00000200. The molecular formula is C15H25ClN2O2. The Morgan fingerprint density at radius 3 is 2.60 bits per heavy atom. The van der Waals surface area contributed by atoms with Crippen LogP contribution in [0.2, 0.25) is 0 Å². The van der Waals surface area contributed by atoms with Gasteiger partial charge in [-0.25, -0.2) is 0 Å². The van der Waals surface area contributed by atoms with Gasteiger partial charge in [-0.1, -0.05) is 0 Å². The molecule has 2 rings (SSSR count). The Bertz CT molecular complexity index is 373. The van der Waals surface area contributed by atoms with Gasteiger partial charge in [0.05, 0.1) is 7.11 Å². The highest BCUT2D eigenvalue weighted by atomic mass is 35.5. The predicted octanol–water partition coefficient (Wildman–Crippen LogP) is 2.18. The number of hydrogen-bond donors (Lipinski definition) is 1. The molecule has 0 saturated carbocycles. The minimum atomic E-state index is 0. The Kier molecular flexibility index (Phi) is 7.73. The molecule has 0 aromatic heterocycles. The third-order valence-electron chi connectivity index (χ3n) is 3.65. The van der Waals surface area contributed by atoms with Gasteiger partial charge in [-0.3, -0.25) is 4.90 Å². The standard InChI is InChI=1S/C15H24N2O2.ClH/c1-16-13-4-3-9-17(12-13)10-11-19-15-7-5-14(18-2)6-8-15;/h5-8,13,16H,3-4,9-12H2,1-2H3;1H. The number of likely N-dealkylation sites (tertiary alicyclic amines) is 1. The zero-order chi connectivity index (χ0) is 13.5. The van der Waals surface area contributed by atoms with Gasteiger partial charge < -0.3 is 14.8 Å². The van der Waals surface area contributed by atoms with E-state index in [1.807, 2.05) is 31.3 Å². The second kappa shape index (κ2) is 9.06. The number of likely N-dealkylation sites (N-methyl/N-ethyl adjacent to an activating group) is 1. The fourth-order valence-electron chi connectivity index (χ4n) is 2.46. The second-order valence-electron chi connectivity index (χ2n) is 4.95. The highest BCUT2D eigenvalue weighted by Gasteiger charge is 2.17. The zero-order valence-electron chi connectivity index (χ0n) is 12.3. The number of halogens is 1. The summed E-state index contributed by atoms with van der Waals surface area (Å²) in [5.74, 6) is 1.77. The molecular weight excluding hydrogens is 276 g/mol. The first-order valence-electron chi connectivity index (χ1n) is 6.98. The average Bonchev–Trinajstić information content (AvgIpc) is 2.48. The summed E-state index contributed by atoms with van der Waals surface area (Å²) in [5.41, 5.74) is 0. The summed E-state index contributed by atoms with van der Waals surface area (Å²) >= 11 is 0. The number of piperidine rings is 1. The summed E-state index contributed by atoms with van der Waals surface area (Å²) in [6, 6.07) is 8.38. The minimum Gasteiger partial charge on any atom is -0.497 e. The molecule has 1 atom stereocenters. The number of nitrogens with zero attached hydrogens (tertiary/aromatic N) is 1. The molecule has 1 heterocycles. The van der Waals surface area contributed by atoms with E-state index in [1.54, 1.807) is 7.11 Å². The van der Waals surface area contributed by atoms with Gasteiger partial charge in [0, 0.05) is 19.1 Å². The lowest BCUT2D eigenvalue weighted by Gasteiger charge is -2.32. The van der Waals surface area contributed by atoms with Crippen LogP contribution in [0.4, 0.5) is 0 Å². The van der Waals surface area contributed by atoms with Crippen LogP contribution >= 0.6 is 12.4 Å². The smallest absolute Gasteiger partial charge is 0.119 e. The number of nitrogens with one attached hydrogen (secondary N) is 1. The lowest BCUT2D eigenvalue weighted by Crippen LogP contribution is -2.45. The number of benzene rings is 1. The molecule has 0 radical (unpaired) electrons.